The molecule has 0 aliphatic carbocycles. The lowest BCUT2D eigenvalue weighted by Crippen LogP contribution is -2.26. The Morgan fingerprint density at radius 3 is 2.36 bits per heavy atom. The number of hydrogen-bond donors (Lipinski definition) is 3. The zero-order chi connectivity index (χ0) is 19.9. The molecule has 10 heteroatoms. The highest BCUT2D eigenvalue weighted by atomic mass is 19.1. The van der Waals surface area contributed by atoms with E-state index in [2.05, 4.69) is 25.1 Å². The average molecular weight is 374 g/mol. The van der Waals surface area contributed by atoms with Crippen molar-refractivity contribution < 1.29 is 14.6 Å². The minimum absolute atomic E-state index is 0.0421. The van der Waals surface area contributed by atoms with Crippen molar-refractivity contribution >= 4 is 24.7 Å². The summed E-state index contributed by atoms with van der Waals surface area (Å²) in [5.41, 5.74) is 5.18. The van der Waals surface area contributed by atoms with E-state index in [1.807, 2.05) is 0 Å². The molecule has 4 aromatic rings. The second kappa shape index (κ2) is 6.59. The Morgan fingerprint density at radius 1 is 0.929 bits per heavy atom. The van der Waals surface area contributed by atoms with Crippen LogP contribution in [0.25, 0.3) is 33.4 Å². The zero-order valence-electron chi connectivity index (χ0n) is 14.3. The van der Waals surface area contributed by atoms with Crippen LogP contribution in [0.2, 0.25) is 0 Å². The van der Waals surface area contributed by atoms with Crippen molar-refractivity contribution in [2.75, 3.05) is 5.73 Å². The molecule has 0 unspecified atom stereocenters. The van der Waals surface area contributed by atoms with Gasteiger partial charge in [0.1, 0.15) is 23.5 Å². The number of anilines is 1. The summed E-state index contributed by atoms with van der Waals surface area (Å²) < 4.78 is 13.3. The third-order valence-corrected chi connectivity index (χ3v) is 4.08. The predicted molar refractivity (Wildman–Crippen MR) is 100 cm³/mol. The monoisotopic (exact) mass is 374 g/mol. The highest BCUT2D eigenvalue weighted by Gasteiger charge is 2.23. The molecular formula is C18H12BFN6O2. The van der Waals surface area contributed by atoms with Crippen LogP contribution < -0.4 is 5.73 Å². The minimum atomic E-state index is -2.65. The van der Waals surface area contributed by atoms with E-state index in [0.29, 0.717) is 33.4 Å². The van der Waals surface area contributed by atoms with Crippen LogP contribution in [-0.2, 0) is 5.69 Å². The number of halogens is 1. The Bertz CT molecular complexity index is 1180. The number of fused-ring (bicyclic) bond motifs is 1. The maximum Gasteiger partial charge on any atom is 0.240 e. The minimum Gasteiger partial charge on any atom is -0.369 e. The summed E-state index contributed by atoms with van der Waals surface area (Å²) in [6, 6.07) is 10.6. The van der Waals surface area contributed by atoms with Crippen molar-refractivity contribution in [2.24, 2.45) is 0 Å². The molecule has 0 spiro atoms. The zero-order valence-corrected chi connectivity index (χ0v) is 14.3. The number of benzene rings is 2. The topological polar surface area (TPSA) is 131 Å². The third kappa shape index (κ3) is 3.26. The SMILES string of the molecule is [B]C(O)(O)c1ncnc2ccc(-c3nnc(N)nc3-c3ccc(F)cc3)cc12. The molecule has 2 aromatic heterocycles. The summed E-state index contributed by atoms with van der Waals surface area (Å²) in [6.07, 6.45) is 1.18. The Labute approximate surface area is 159 Å². The number of nitrogen functional groups attached to an aromatic ring is 1. The first-order chi connectivity index (χ1) is 13.3. The van der Waals surface area contributed by atoms with E-state index in [-0.39, 0.29) is 11.6 Å². The van der Waals surface area contributed by atoms with E-state index in [0.717, 1.165) is 0 Å². The maximum atomic E-state index is 13.3. The molecule has 2 aromatic carbocycles. The van der Waals surface area contributed by atoms with E-state index < -0.39 is 11.5 Å². The molecule has 0 fully saturated rings. The van der Waals surface area contributed by atoms with Crippen molar-refractivity contribution in [3.8, 4) is 22.5 Å². The lowest BCUT2D eigenvalue weighted by molar-refractivity contribution is -0.0931. The van der Waals surface area contributed by atoms with Crippen LogP contribution in [0.4, 0.5) is 10.3 Å². The lowest BCUT2D eigenvalue weighted by Gasteiger charge is -2.18. The van der Waals surface area contributed by atoms with E-state index in [1.165, 1.54) is 18.5 Å². The second-order valence-corrected chi connectivity index (χ2v) is 6.05. The molecule has 4 rings (SSSR count). The Morgan fingerprint density at radius 2 is 1.64 bits per heavy atom. The van der Waals surface area contributed by atoms with Gasteiger partial charge in [-0.1, -0.05) is 6.07 Å². The quantitative estimate of drug-likeness (QED) is 0.359. The van der Waals surface area contributed by atoms with Gasteiger partial charge in [-0.3, -0.25) is 0 Å². The number of hydrogen-bond acceptors (Lipinski definition) is 8. The van der Waals surface area contributed by atoms with Gasteiger partial charge < -0.3 is 15.9 Å². The first kappa shape index (κ1) is 17.9. The van der Waals surface area contributed by atoms with E-state index in [4.69, 9.17) is 13.6 Å². The highest BCUT2D eigenvalue weighted by Crippen LogP contribution is 2.32. The molecule has 4 N–H and O–H groups in total. The van der Waals surface area contributed by atoms with Gasteiger partial charge in [-0.2, -0.15) is 0 Å². The van der Waals surface area contributed by atoms with Gasteiger partial charge in [0.15, 0.2) is 13.5 Å². The third-order valence-electron chi connectivity index (χ3n) is 4.08. The molecule has 8 nitrogen and oxygen atoms in total. The number of nitrogens with two attached hydrogens (primary N) is 1. The van der Waals surface area contributed by atoms with Gasteiger partial charge in [0.2, 0.25) is 5.95 Å². The molecule has 0 amide bonds. The smallest absolute Gasteiger partial charge is 0.240 e. The first-order valence-corrected chi connectivity index (χ1v) is 8.08. The lowest BCUT2D eigenvalue weighted by atomic mass is 9.88. The fraction of sp³-hybridized carbons (Fsp3) is 0.0556. The summed E-state index contributed by atoms with van der Waals surface area (Å²) >= 11 is 0. The molecule has 0 atom stereocenters. The molecule has 0 aliphatic heterocycles. The Kier molecular flexibility index (Phi) is 4.21. The van der Waals surface area contributed by atoms with E-state index >= 15 is 0 Å². The predicted octanol–water partition coefficient (Wildman–Crippen LogP) is 1.13. The van der Waals surface area contributed by atoms with Gasteiger partial charge in [-0.25, -0.2) is 19.3 Å². The Balaban J connectivity index is 1.95. The van der Waals surface area contributed by atoms with Crippen LogP contribution in [0.1, 0.15) is 5.69 Å². The summed E-state index contributed by atoms with van der Waals surface area (Å²) in [5, 5.41) is 27.8. The van der Waals surface area contributed by atoms with E-state index in [1.54, 1.807) is 30.3 Å². The van der Waals surface area contributed by atoms with E-state index in [9.17, 15) is 14.6 Å². The Hall–Kier alpha value is -3.50. The number of rotatable bonds is 3. The molecule has 0 bridgehead atoms. The fourth-order valence-electron chi connectivity index (χ4n) is 2.84. The second-order valence-electron chi connectivity index (χ2n) is 6.05. The molecule has 2 heterocycles. The largest absolute Gasteiger partial charge is 0.369 e. The number of aliphatic hydroxyl groups is 2. The van der Waals surface area contributed by atoms with Crippen LogP contribution in [0.15, 0.2) is 48.8 Å². The van der Waals surface area contributed by atoms with Gasteiger partial charge in [0.05, 0.1) is 11.2 Å². The highest BCUT2D eigenvalue weighted by molar-refractivity contribution is 6.14. The van der Waals surface area contributed by atoms with Crippen molar-refractivity contribution in [1.29, 1.82) is 0 Å². The summed E-state index contributed by atoms with van der Waals surface area (Å²) in [7, 11) is 5.40. The molecule has 0 saturated carbocycles. The summed E-state index contributed by atoms with van der Waals surface area (Å²) in [4.78, 5) is 12.2. The first-order valence-electron chi connectivity index (χ1n) is 8.08. The summed E-state index contributed by atoms with van der Waals surface area (Å²) in [6.45, 7) is 0. The molecule has 2 radical (unpaired) electrons. The average Bonchev–Trinajstić information content (AvgIpc) is 2.67. The summed E-state index contributed by atoms with van der Waals surface area (Å²) in [5.74, 6) is -0.433. The fourth-order valence-corrected chi connectivity index (χ4v) is 2.84. The van der Waals surface area contributed by atoms with Gasteiger partial charge in [-0.15, -0.1) is 10.2 Å². The van der Waals surface area contributed by atoms with Crippen LogP contribution in [-0.4, -0.2) is 43.2 Å². The van der Waals surface area contributed by atoms with Gasteiger partial charge in [-0.05, 0) is 36.4 Å². The van der Waals surface area contributed by atoms with Gasteiger partial charge in [0.25, 0.3) is 0 Å². The van der Waals surface area contributed by atoms with Gasteiger partial charge in [0, 0.05) is 16.5 Å². The normalized spacial score (nSPS) is 11.7. The molecule has 28 heavy (non-hydrogen) atoms. The van der Waals surface area contributed by atoms with Gasteiger partial charge >= 0.3 is 0 Å². The standard InChI is InChI=1S/C18H12BFN6O2/c19-18(27,28)16-12-7-10(3-6-13(12)22-8-23-16)15-14(24-17(21)26-25-15)9-1-4-11(20)5-2-9/h1-8,27-28H,(H2,21,24,26). The molecule has 136 valence electrons. The molecule has 0 aliphatic rings. The molecular weight excluding hydrogens is 362 g/mol. The van der Waals surface area contributed by atoms with Crippen LogP contribution >= 0.6 is 0 Å². The number of nitrogens with zero attached hydrogens (tertiary/aromatic N) is 5. The van der Waals surface area contributed by atoms with Crippen molar-refractivity contribution in [1.82, 2.24) is 25.1 Å². The van der Waals surface area contributed by atoms with Crippen LogP contribution in [0.3, 0.4) is 0 Å². The number of aromatic nitrogens is 5. The van der Waals surface area contributed by atoms with Crippen molar-refractivity contribution in [2.45, 2.75) is 5.69 Å². The molecule has 0 saturated heterocycles. The van der Waals surface area contributed by atoms with Crippen molar-refractivity contribution in [3.05, 3.63) is 60.3 Å². The van der Waals surface area contributed by atoms with Crippen LogP contribution in [0.5, 0.6) is 0 Å². The maximum absolute atomic E-state index is 13.3. The van der Waals surface area contributed by atoms with Crippen LogP contribution in [0, 0.1) is 5.82 Å². The van der Waals surface area contributed by atoms with Crippen molar-refractivity contribution in [3.63, 3.8) is 0 Å².